The molecule has 0 aliphatic rings. The van der Waals surface area contributed by atoms with Crippen molar-refractivity contribution in [2.24, 2.45) is 0 Å². The summed E-state index contributed by atoms with van der Waals surface area (Å²) in [5.74, 6) is -2.43. The summed E-state index contributed by atoms with van der Waals surface area (Å²) in [6.07, 6.45) is 0.687. The van der Waals surface area contributed by atoms with Gasteiger partial charge >= 0.3 is 10.2 Å². The maximum atomic E-state index is 14.5. The minimum absolute atomic E-state index is 0.0764. The Labute approximate surface area is 199 Å². The summed E-state index contributed by atoms with van der Waals surface area (Å²) in [6, 6.07) is 9.63. The van der Waals surface area contributed by atoms with Gasteiger partial charge in [0.2, 0.25) is 11.8 Å². The fourth-order valence-corrected chi connectivity index (χ4v) is 4.19. The van der Waals surface area contributed by atoms with Crippen LogP contribution in [0.5, 0.6) is 0 Å². The summed E-state index contributed by atoms with van der Waals surface area (Å²) in [6.45, 7) is 2.98. The number of hydrogen-bond donors (Lipinski definition) is 1. The molecule has 186 valence electrons. The standard InChI is InChI=1S/C23H30F2N4O4S/c1-5-14-26-23(31)17(2)28(15-18-10-12-19(24)13-11-18)22(30)16-29(34(32,33)27(3)4)21-9-7-6-8-20(21)25/h6-13,17H,5,14-16H2,1-4H3,(H,26,31)/t17-/m0/s1. The zero-order valence-electron chi connectivity index (χ0n) is 19.7. The molecule has 1 atom stereocenters. The van der Waals surface area contributed by atoms with Crippen LogP contribution in [0.4, 0.5) is 14.5 Å². The van der Waals surface area contributed by atoms with E-state index in [1.807, 2.05) is 6.92 Å². The fraction of sp³-hybridized carbons (Fsp3) is 0.391. The SMILES string of the molecule is CCCNC(=O)[C@H](C)N(Cc1ccc(F)cc1)C(=O)CN(c1ccccc1F)S(=O)(=O)N(C)C. The normalized spacial score (nSPS) is 12.3. The lowest BCUT2D eigenvalue weighted by atomic mass is 10.1. The molecule has 2 aromatic rings. The molecule has 1 N–H and O–H groups in total. The molecule has 0 aliphatic heterocycles. The van der Waals surface area contributed by atoms with Crippen molar-refractivity contribution in [2.45, 2.75) is 32.9 Å². The van der Waals surface area contributed by atoms with Crippen LogP contribution in [-0.2, 0) is 26.3 Å². The van der Waals surface area contributed by atoms with E-state index in [-0.39, 0.29) is 12.2 Å². The maximum Gasteiger partial charge on any atom is 0.304 e. The van der Waals surface area contributed by atoms with E-state index < -0.39 is 46.2 Å². The van der Waals surface area contributed by atoms with Gasteiger partial charge in [-0.2, -0.15) is 12.7 Å². The summed E-state index contributed by atoms with van der Waals surface area (Å²) in [7, 11) is -1.72. The van der Waals surface area contributed by atoms with E-state index in [4.69, 9.17) is 0 Å². The molecule has 0 aliphatic carbocycles. The molecule has 0 heterocycles. The maximum absolute atomic E-state index is 14.5. The molecule has 0 spiro atoms. The number of halogens is 2. The monoisotopic (exact) mass is 496 g/mol. The number of nitrogens with zero attached hydrogens (tertiary/aromatic N) is 3. The smallest absolute Gasteiger partial charge is 0.304 e. The third kappa shape index (κ3) is 6.73. The second-order valence-corrected chi connectivity index (χ2v) is 9.93. The van der Waals surface area contributed by atoms with E-state index >= 15 is 0 Å². The summed E-state index contributed by atoms with van der Waals surface area (Å²) >= 11 is 0. The van der Waals surface area contributed by atoms with Crippen molar-refractivity contribution < 1.29 is 26.8 Å². The minimum Gasteiger partial charge on any atom is -0.354 e. The minimum atomic E-state index is -4.25. The molecular formula is C23H30F2N4O4S. The number of anilines is 1. The van der Waals surface area contributed by atoms with E-state index in [9.17, 15) is 26.8 Å². The molecule has 0 radical (unpaired) electrons. The van der Waals surface area contributed by atoms with E-state index in [0.29, 0.717) is 22.8 Å². The summed E-state index contributed by atoms with van der Waals surface area (Å²) in [5, 5.41) is 2.71. The van der Waals surface area contributed by atoms with Gasteiger partial charge in [-0.25, -0.2) is 13.1 Å². The van der Waals surface area contributed by atoms with Crippen LogP contribution in [0.2, 0.25) is 0 Å². The van der Waals surface area contributed by atoms with E-state index in [1.165, 1.54) is 68.4 Å². The van der Waals surface area contributed by atoms with Crippen molar-refractivity contribution >= 4 is 27.7 Å². The number of rotatable bonds is 11. The molecule has 2 amide bonds. The van der Waals surface area contributed by atoms with Gasteiger partial charge in [0.15, 0.2) is 0 Å². The predicted molar refractivity (Wildman–Crippen MR) is 126 cm³/mol. The van der Waals surface area contributed by atoms with Gasteiger partial charge in [-0.3, -0.25) is 9.59 Å². The number of nitrogens with one attached hydrogen (secondary N) is 1. The number of amides is 2. The molecule has 0 bridgehead atoms. The average molecular weight is 497 g/mol. The van der Waals surface area contributed by atoms with Crippen LogP contribution in [0.25, 0.3) is 0 Å². The quantitative estimate of drug-likeness (QED) is 0.518. The average Bonchev–Trinajstić information content (AvgIpc) is 2.80. The largest absolute Gasteiger partial charge is 0.354 e. The summed E-state index contributed by atoms with van der Waals surface area (Å²) < 4.78 is 55.4. The van der Waals surface area contributed by atoms with Gasteiger partial charge in [-0.15, -0.1) is 0 Å². The van der Waals surface area contributed by atoms with Crippen LogP contribution < -0.4 is 9.62 Å². The Bertz CT molecular complexity index is 1090. The van der Waals surface area contributed by atoms with Crippen molar-refractivity contribution in [1.82, 2.24) is 14.5 Å². The number of carbonyl (C=O) groups is 2. The Morgan fingerprint density at radius 3 is 2.21 bits per heavy atom. The van der Waals surface area contributed by atoms with Gasteiger partial charge in [0.05, 0.1) is 5.69 Å². The highest BCUT2D eigenvalue weighted by molar-refractivity contribution is 7.90. The molecule has 0 fully saturated rings. The number of carbonyl (C=O) groups excluding carboxylic acids is 2. The first kappa shape index (κ1) is 27.2. The van der Waals surface area contributed by atoms with Crippen LogP contribution >= 0.6 is 0 Å². The van der Waals surface area contributed by atoms with Crippen molar-refractivity contribution in [3.63, 3.8) is 0 Å². The van der Waals surface area contributed by atoms with E-state index in [2.05, 4.69) is 5.32 Å². The second kappa shape index (κ2) is 11.9. The lowest BCUT2D eigenvalue weighted by Gasteiger charge is -2.32. The van der Waals surface area contributed by atoms with Gasteiger partial charge in [0.25, 0.3) is 0 Å². The zero-order chi connectivity index (χ0) is 25.5. The molecule has 8 nitrogen and oxygen atoms in total. The highest BCUT2D eigenvalue weighted by Gasteiger charge is 2.33. The molecule has 0 saturated carbocycles. The Balaban J connectivity index is 2.44. The van der Waals surface area contributed by atoms with Crippen LogP contribution in [0.3, 0.4) is 0 Å². The number of hydrogen-bond acceptors (Lipinski definition) is 4. The van der Waals surface area contributed by atoms with Crippen LogP contribution in [0.15, 0.2) is 48.5 Å². The molecular weight excluding hydrogens is 466 g/mol. The van der Waals surface area contributed by atoms with Crippen molar-refractivity contribution in [1.29, 1.82) is 0 Å². The molecule has 11 heteroatoms. The topological polar surface area (TPSA) is 90.0 Å². The van der Waals surface area contributed by atoms with Crippen LogP contribution in [-0.4, -0.2) is 62.7 Å². The third-order valence-electron chi connectivity index (χ3n) is 5.12. The lowest BCUT2D eigenvalue weighted by Crippen LogP contribution is -2.52. The van der Waals surface area contributed by atoms with Crippen molar-refractivity contribution in [3.05, 3.63) is 65.7 Å². The second-order valence-electron chi connectivity index (χ2n) is 7.86. The van der Waals surface area contributed by atoms with Crippen LogP contribution in [0, 0.1) is 11.6 Å². The van der Waals surface area contributed by atoms with E-state index in [1.54, 1.807) is 0 Å². The van der Waals surface area contributed by atoms with Gasteiger partial charge < -0.3 is 10.2 Å². The number of benzene rings is 2. The summed E-state index contributed by atoms with van der Waals surface area (Å²) in [4.78, 5) is 27.3. The van der Waals surface area contributed by atoms with Crippen molar-refractivity contribution in [3.8, 4) is 0 Å². The Kier molecular flexibility index (Phi) is 9.51. The Hall–Kier alpha value is -3.05. The highest BCUT2D eigenvalue weighted by Crippen LogP contribution is 2.23. The summed E-state index contributed by atoms with van der Waals surface area (Å²) in [5.41, 5.74) is 0.243. The first-order chi connectivity index (χ1) is 16.0. The molecule has 0 saturated heterocycles. The molecule has 2 aromatic carbocycles. The molecule has 2 rings (SSSR count). The van der Waals surface area contributed by atoms with Gasteiger partial charge in [-0.05, 0) is 43.2 Å². The third-order valence-corrected chi connectivity index (χ3v) is 6.93. The molecule has 0 aromatic heterocycles. The van der Waals surface area contributed by atoms with E-state index in [0.717, 1.165) is 10.4 Å². The lowest BCUT2D eigenvalue weighted by molar-refractivity contribution is -0.139. The first-order valence-electron chi connectivity index (χ1n) is 10.7. The van der Waals surface area contributed by atoms with Gasteiger partial charge in [0.1, 0.15) is 24.2 Å². The van der Waals surface area contributed by atoms with Gasteiger partial charge in [0, 0.05) is 27.2 Å². The first-order valence-corrected chi connectivity index (χ1v) is 12.1. The van der Waals surface area contributed by atoms with Gasteiger partial charge in [-0.1, -0.05) is 31.2 Å². The fourth-order valence-electron chi connectivity index (χ4n) is 3.12. The highest BCUT2D eigenvalue weighted by atomic mass is 32.2. The molecule has 34 heavy (non-hydrogen) atoms. The Morgan fingerprint density at radius 1 is 1.03 bits per heavy atom. The Morgan fingerprint density at radius 2 is 1.65 bits per heavy atom. The molecule has 0 unspecified atom stereocenters. The van der Waals surface area contributed by atoms with Crippen LogP contribution in [0.1, 0.15) is 25.8 Å². The van der Waals surface area contributed by atoms with Crippen molar-refractivity contribution in [2.75, 3.05) is 31.5 Å². The zero-order valence-corrected chi connectivity index (χ0v) is 20.5. The predicted octanol–water partition coefficient (Wildman–Crippen LogP) is 2.52. The number of para-hydroxylation sites is 1.